The fourth-order valence-electron chi connectivity index (χ4n) is 4.31. The van der Waals surface area contributed by atoms with Crippen LogP contribution >= 0.6 is 12.2 Å². The summed E-state index contributed by atoms with van der Waals surface area (Å²) < 4.78 is 32.3. The van der Waals surface area contributed by atoms with E-state index < -0.39 is 0 Å². The summed E-state index contributed by atoms with van der Waals surface area (Å²) in [6.07, 6.45) is 0.876. The quantitative estimate of drug-likeness (QED) is 0.490. The summed E-state index contributed by atoms with van der Waals surface area (Å²) in [5.41, 5.74) is 3.20. The molecule has 0 saturated carbocycles. The first kappa shape index (κ1) is 24.1. The van der Waals surface area contributed by atoms with Gasteiger partial charge in [-0.05, 0) is 71.7 Å². The van der Waals surface area contributed by atoms with Crippen LogP contribution in [0.1, 0.15) is 22.7 Å². The molecule has 0 atom stereocenters. The van der Waals surface area contributed by atoms with E-state index in [1.807, 2.05) is 12.1 Å². The second-order valence-corrected chi connectivity index (χ2v) is 8.75. The largest absolute Gasteiger partial charge is 0.497 e. The van der Waals surface area contributed by atoms with E-state index in [0.717, 1.165) is 61.1 Å². The van der Waals surface area contributed by atoms with Gasteiger partial charge < -0.3 is 15.0 Å². The number of rotatable bonds is 7. The van der Waals surface area contributed by atoms with Crippen molar-refractivity contribution in [3.63, 3.8) is 0 Å². The molecule has 1 aliphatic rings. The van der Waals surface area contributed by atoms with Gasteiger partial charge in [0, 0.05) is 32.7 Å². The number of benzene rings is 3. The number of halogens is 2. The molecule has 3 aromatic rings. The van der Waals surface area contributed by atoms with Gasteiger partial charge in [0.1, 0.15) is 17.4 Å². The molecule has 4 nitrogen and oxygen atoms in total. The maximum absolute atomic E-state index is 13.5. The van der Waals surface area contributed by atoms with Crippen LogP contribution < -0.4 is 10.1 Å². The first-order valence-electron chi connectivity index (χ1n) is 11.4. The lowest BCUT2D eigenvalue weighted by atomic mass is 9.96. The van der Waals surface area contributed by atoms with Gasteiger partial charge >= 0.3 is 0 Å². The molecule has 34 heavy (non-hydrogen) atoms. The minimum Gasteiger partial charge on any atom is -0.497 e. The first-order chi connectivity index (χ1) is 16.5. The molecule has 4 rings (SSSR count). The summed E-state index contributed by atoms with van der Waals surface area (Å²) in [6, 6.07) is 21.1. The highest BCUT2D eigenvalue weighted by molar-refractivity contribution is 7.80. The van der Waals surface area contributed by atoms with Crippen molar-refractivity contribution in [1.29, 1.82) is 0 Å². The van der Waals surface area contributed by atoms with Gasteiger partial charge in [0.2, 0.25) is 0 Å². The second-order valence-electron chi connectivity index (χ2n) is 8.36. The first-order valence-corrected chi connectivity index (χ1v) is 11.8. The van der Waals surface area contributed by atoms with E-state index in [0.29, 0.717) is 0 Å². The minimum atomic E-state index is -0.266. The third-order valence-corrected chi connectivity index (χ3v) is 6.59. The van der Waals surface area contributed by atoms with Crippen molar-refractivity contribution in [2.45, 2.75) is 12.5 Å². The van der Waals surface area contributed by atoms with Crippen molar-refractivity contribution < 1.29 is 13.5 Å². The number of thiocarbonyl (C=S) groups is 1. The normalized spacial score (nSPS) is 14.3. The zero-order valence-corrected chi connectivity index (χ0v) is 20.0. The van der Waals surface area contributed by atoms with Crippen LogP contribution in [0.25, 0.3) is 0 Å². The van der Waals surface area contributed by atoms with Crippen molar-refractivity contribution in [3.8, 4) is 5.75 Å². The summed E-state index contributed by atoms with van der Waals surface area (Å²) >= 11 is 5.64. The molecular formula is C27H29F2N3OS. The van der Waals surface area contributed by atoms with Crippen molar-refractivity contribution in [2.75, 3.05) is 39.8 Å². The Hall–Kier alpha value is -3.03. The Bertz CT molecular complexity index is 1020. The standard InChI is InChI=1S/C27H29F2N3OS/c1-33-25-12-2-20(3-13-25)14-15-30-27(34)32-18-16-31(17-19-32)26(21-4-8-23(28)9-5-21)22-6-10-24(29)11-7-22/h2-13,26H,14-19H2,1H3,(H,30,34). The Morgan fingerprint density at radius 1 is 0.853 bits per heavy atom. The molecule has 0 aromatic heterocycles. The Morgan fingerprint density at radius 3 is 1.88 bits per heavy atom. The van der Waals surface area contributed by atoms with E-state index in [4.69, 9.17) is 17.0 Å². The van der Waals surface area contributed by atoms with Crippen molar-refractivity contribution in [1.82, 2.24) is 15.1 Å². The molecule has 1 saturated heterocycles. The topological polar surface area (TPSA) is 27.7 Å². The predicted octanol–water partition coefficient (Wildman–Crippen LogP) is 4.80. The molecule has 1 N–H and O–H groups in total. The van der Waals surface area contributed by atoms with Gasteiger partial charge in [-0.1, -0.05) is 36.4 Å². The average molecular weight is 482 g/mol. The third-order valence-electron chi connectivity index (χ3n) is 6.19. The van der Waals surface area contributed by atoms with E-state index in [1.54, 1.807) is 31.4 Å². The zero-order valence-electron chi connectivity index (χ0n) is 19.2. The van der Waals surface area contributed by atoms with Gasteiger partial charge in [-0.3, -0.25) is 4.90 Å². The van der Waals surface area contributed by atoms with Gasteiger partial charge in [0.05, 0.1) is 13.2 Å². The smallest absolute Gasteiger partial charge is 0.169 e. The van der Waals surface area contributed by atoms with Gasteiger partial charge in [-0.15, -0.1) is 0 Å². The lowest BCUT2D eigenvalue weighted by Gasteiger charge is -2.40. The number of hydrogen-bond donors (Lipinski definition) is 1. The SMILES string of the molecule is COc1ccc(CCNC(=S)N2CCN(C(c3ccc(F)cc3)c3ccc(F)cc3)CC2)cc1. The molecule has 1 fully saturated rings. The second kappa shape index (κ2) is 11.4. The Kier molecular flexibility index (Phi) is 8.08. The highest BCUT2D eigenvalue weighted by Crippen LogP contribution is 2.30. The van der Waals surface area contributed by atoms with Crippen LogP contribution in [0, 0.1) is 11.6 Å². The molecule has 1 aliphatic heterocycles. The lowest BCUT2D eigenvalue weighted by Crippen LogP contribution is -2.52. The van der Waals surface area contributed by atoms with Gasteiger partial charge in [-0.2, -0.15) is 0 Å². The number of ether oxygens (including phenoxy) is 1. The van der Waals surface area contributed by atoms with E-state index in [2.05, 4.69) is 27.2 Å². The van der Waals surface area contributed by atoms with Crippen LogP contribution in [-0.4, -0.2) is 54.7 Å². The van der Waals surface area contributed by atoms with Crippen molar-refractivity contribution >= 4 is 17.3 Å². The molecule has 3 aromatic carbocycles. The van der Waals surface area contributed by atoms with E-state index in [9.17, 15) is 8.78 Å². The van der Waals surface area contributed by atoms with Gasteiger partial charge in [-0.25, -0.2) is 8.78 Å². The van der Waals surface area contributed by atoms with E-state index >= 15 is 0 Å². The fourth-order valence-corrected chi connectivity index (χ4v) is 4.59. The van der Waals surface area contributed by atoms with Gasteiger partial charge in [0.15, 0.2) is 5.11 Å². The Morgan fingerprint density at radius 2 is 1.38 bits per heavy atom. The average Bonchev–Trinajstić information content (AvgIpc) is 2.87. The highest BCUT2D eigenvalue weighted by atomic mass is 32.1. The number of hydrogen-bond acceptors (Lipinski definition) is 3. The van der Waals surface area contributed by atoms with Crippen LogP contribution in [0.15, 0.2) is 72.8 Å². The number of methoxy groups -OCH3 is 1. The number of piperazine rings is 1. The van der Waals surface area contributed by atoms with E-state index in [-0.39, 0.29) is 17.7 Å². The van der Waals surface area contributed by atoms with Crippen molar-refractivity contribution in [2.24, 2.45) is 0 Å². The fraction of sp³-hybridized carbons (Fsp3) is 0.296. The maximum atomic E-state index is 13.5. The Labute approximate surface area is 205 Å². The van der Waals surface area contributed by atoms with Crippen LogP contribution in [0.3, 0.4) is 0 Å². The molecule has 0 amide bonds. The lowest BCUT2D eigenvalue weighted by molar-refractivity contribution is 0.149. The third kappa shape index (κ3) is 6.10. The summed E-state index contributed by atoms with van der Waals surface area (Å²) in [7, 11) is 1.66. The molecule has 0 aliphatic carbocycles. The van der Waals surface area contributed by atoms with Crippen LogP contribution in [0.4, 0.5) is 8.78 Å². The molecular weight excluding hydrogens is 452 g/mol. The molecule has 0 radical (unpaired) electrons. The maximum Gasteiger partial charge on any atom is 0.169 e. The Balaban J connectivity index is 1.34. The predicted molar refractivity (Wildman–Crippen MR) is 135 cm³/mol. The highest BCUT2D eigenvalue weighted by Gasteiger charge is 2.27. The minimum absolute atomic E-state index is 0.0695. The summed E-state index contributed by atoms with van der Waals surface area (Å²) in [5.74, 6) is 0.319. The molecule has 7 heteroatoms. The van der Waals surface area contributed by atoms with Crippen LogP contribution in [0.5, 0.6) is 5.75 Å². The monoisotopic (exact) mass is 481 g/mol. The molecule has 0 bridgehead atoms. The number of nitrogens with zero attached hydrogens (tertiary/aromatic N) is 2. The zero-order chi connectivity index (χ0) is 23.9. The molecule has 0 unspecified atom stereocenters. The van der Waals surface area contributed by atoms with E-state index in [1.165, 1.54) is 29.8 Å². The van der Waals surface area contributed by atoms with Crippen molar-refractivity contribution in [3.05, 3.63) is 101 Å². The molecule has 0 spiro atoms. The summed E-state index contributed by atoms with van der Waals surface area (Å²) in [6.45, 7) is 3.92. The van der Waals surface area contributed by atoms with Gasteiger partial charge in [0.25, 0.3) is 0 Å². The summed E-state index contributed by atoms with van der Waals surface area (Å²) in [4.78, 5) is 4.53. The molecule has 178 valence electrons. The molecule has 1 heterocycles. The number of nitrogens with one attached hydrogen (secondary N) is 1. The van der Waals surface area contributed by atoms with Crippen LogP contribution in [-0.2, 0) is 6.42 Å². The summed E-state index contributed by atoms with van der Waals surface area (Å²) in [5, 5.41) is 4.13. The van der Waals surface area contributed by atoms with Crippen LogP contribution in [0.2, 0.25) is 0 Å².